The molecule has 0 atom stereocenters. The number of benzene rings is 1. The second-order valence-corrected chi connectivity index (χ2v) is 4.92. The number of carboxylic acid groups (broad SMARTS) is 1. The van der Waals surface area contributed by atoms with Gasteiger partial charge >= 0.3 is 5.97 Å². The van der Waals surface area contributed by atoms with Gasteiger partial charge in [0, 0.05) is 18.5 Å². The number of aromatic carboxylic acids is 1. The fourth-order valence-corrected chi connectivity index (χ4v) is 2.11. The number of aromatic nitrogens is 4. The lowest BCUT2D eigenvalue weighted by atomic mass is 10.1. The van der Waals surface area contributed by atoms with Crippen molar-refractivity contribution in [2.75, 3.05) is 12.4 Å². The number of methoxy groups -OCH3 is 1. The monoisotopic (exact) mass is 339 g/mol. The van der Waals surface area contributed by atoms with Crippen molar-refractivity contribution in [3.8, 4) is 11.6 Å². The Morgan fingerprint density at radius 2 is 2.04 bits per heavy atom. The third-order valence-corrected chi connectivity index (χ3v) is 3.36. The molecule has 0 bridgehead atoms. The largest absolute Gasteiger partial charge is 0.497 e. The Morgan fingerprint density at radius 3 is 2.64 bits per heavy atom. The molecule has 0 fully saturated rings. The van der Waals surface area contributed by atoms with E-state index in [4.69, 9.17) is 4.74 Å². The van der Waals surface area contributed by atoms with Gasteiger partial charge in [-0.3, -0.25) is 9.36 Å². The van der Waals surface area contributed by atoms with Crippen LogP contribution in [0.15, 0.2) is 49.1 Å². The molecule has 3 aromatic rings. The van der Waals surface area contributed by atoms with Crippen molar-refractivity contribution in [2.24, 2.45) is 0 Å². The summed E-state index contributed by atoms with van der Waals surface area (Å²) in [6.07, 6.45) is 4.84. The summed E-state index contributed by atoms with van der Waals surface area (Å²) in [5.74, 6) is -0.830. The van der Waals surface area contributed by atoms with Gasteiger partial charge < -0.3 is 15.2 Å². The van der Waals surface area contributed by atoms with Gasteiger partial charge in [0.15, 0.2) is 11.5 Å². The summed E-state index contributed by atoms with van der Waals surface area (Å²) in [5, 5.41) is 19.5. The first-order valence-corrected chi connectivity index (χ1v) is 7.13. The number of carbonyl (C=O) groups is 2. The smallest absolute Gasteiger partial charge is 0.337 e. The number of nitrogens with one attached hydrogen (secondary N) is 1. The summed E-state index contributed by atoms with van der Waals surface area (Å²) in [4.78, 5) is 27.5. The van der Waals surface area contributed by atoms with Crippen molar-refractivity contribution in [3.63, 3.8) is 0 Å². The molecular formula is C16H13N5O4. The van der Waals surface area contributed by atoms with Gasteiger partial charge in [-0.05, 0) is 24.3 Å². The Morgan fingerprint density at radius 1 is 1.20 bits per heavy atom. The van der Waals surface area contributed by atoms with Crippen LogP contribution in [0.25, 0.3) is 5.82 Å². The molecule has 1 aromatic carbocycles. The molecule has 2 N–H and O–H groups in total. The molecule has 2 heterocycles. The maximum absolute atomic E-state index is 12.3. The van der Waals surface area contributed by atoms with E-state index >= 15 is 0 Å². The van der Waals surface area contributed by atoms with E-state index < -0.39 is 11.9 Å². The van der Waals surface area contributed by atoms with Gasteiger partial charge in [0.25, 0.3) is 5.91 Å². The molecule has 126 valence electrons. The van der Waals surface area contributed by atoms with E-state index in [1.54, 1.807) is 29.4 Å². The molecule has 0 radical (unpaired) electrons. The van der Waals surface area contributed by atoms with E-state index in [2.05, 4.69) is 20.5 Å². The minimum atomic E-state index is -1.17. The van der Waals surface area contributed by atoms with Gasteiger partial charge in [0.1, 0.15) is 12.1 Å². The van der Waals surface area contributed by atoms with Crippen LogP contribution in [-0.2, 0) is 0 Å². The molecule has 2 aromatic heterocycles. The topological polar surface area (TPSA) is 119 Å². The molecular weight excluding hydrogens is 326 g/mol. The zero-order chi connectivity index (χ0) is 17.8. The standard InChI is InChI=1S/C16H13N5O4/c1-25-10-2-3-11(16(23)24)13(8-10)18-15(22)12-4-5-14(20-19-12)21-7-6-17-9-21/h2-9H,1H3,(H,18,22)(H,23,24). The Labute approximate surface area is 141 Å². The molecule has 0 unspecified atom stereocenters. The molecule has 0 saturated carbocycles. The van der Waals surface area contributed by atoms with Crippen molar-refractivity contribution in [1.29, 1.82) is 0 Å². The molecule has 0 saturated heterocycles. The second-order valence-electron chi connectivity index (χ2n) is 4.92. The molecule has 0 aliphatic rings. The molecule has 3 rings (SSSR count). The van der Waals surface area contributed by atoms with Gasteiger partial charge in [-0.2, -0.15) is 0 Å². The van der Waals surface area contributed by atoms with Crippen LogP contribution in [0.5, 0.6) is 5.75 Å². The van der Waals surface area contributed by atoms with Crippen LogP contribution in [0.2, 0.25) is 0 Å². The van der Waals surface area contributed by atoms with E-state index in [1.165, 1.54) is 31.4 Å². The average Bonchev–Trinajstić information content (AvgIpc) is 3.16. The van der Waals surface area contributed by atoms with Crippen molar-refractivity contribution in [2.45, 2.75) is 0 Å². The number of carboxylic acids is 1. The summed E-state index contributed by atoms with van der Waals surface area (Å²) in [6, 6.07) is 7.36. The molecule has 25 heavy (non-hydrogen) atoms. The SMILES string of the molecule is COc1ccc(C(=O)O)c(NC(=O)c2ccc(-n3ccnc3)nn2)c1. The number of nitrogens with zero attached hydrogens (tertiary/aromatic N) is 4. The van der Waals surface area contributed by atoms with Crippen LogP contribution < -0.4 is 10.1 Å². The number of imidazole rings is 1. The van der Waals surface area contributed by atoms with Gasteiger partial charge in [-0.25, -0.2) is 9.78 Å². The van der Waals surface area contributed by atoms with Crippen LogP contribution >= 0.6 is 0 Å². The first-order chi connectivity index (χ1) is 12.1. The number of rotatable bonds is 5. The highest BCUT2D eigenvalue weighted by molar-refractivity contribution is 6.06. The summed E-state index contributed by atoms with van der Waals surface area (Å²) in [5.41, 5.74) is 0.0949. The van der Waals surface area contributed by atoms with Gasteiger partial charge in [0.05, 0.1) is 18.4 Å². The van der Waals surface area contributed by atoms with E-state index in [0.29, 0.717) is 11.6 Å². The predicted molar refractivity (Wildman–Crippen MR) is 87.1 cm³/mol. The zero-order valence-corrected chi connectivity index (χ0v) is 13.1. The normalized spacial score (nSPS) is 10.3. The second kappa shape index (κ2) is 6.79. The van der Waals surface area contributed by atoms with Crippen molar-refractivity contribution < 1.29 is 19.4 Å². The lowest BCUT2D eigenvalue weighted by molar-refractivity contribution is 0.0698. The Balaban J connectivity index is 1.83. The zero-order valence-electron chi connectivity index (χ0n) is 13.1. The third kappa shape index (κ3) is 3.44. The number of carbonyl (C=O) groups excluding carboxylic acids is 1. The molecule has 1 amide bonds. The van der Waals surface area contributed by atoms with E-state index in [0.717, 1.165) is 0 Å². The van der Waals surface area contributed by atoms with Gasteiger partial charge in [0.2, 0.25) is 0 Å². The summed E-state index contributed by atoms with van der Waals surface area (Å²) in [7, 11) is 1.45. The van der Waals surface area contributed by atoms with Crippen molar-refractivity contribution in [3.05, 3.63) is 60.3 Å². The predicted octanol–water partition coefficient (Wildman–Crippen LogP) is 1.62. The van der Waals surface area contributed by atoms with Crippen LogP contribution in [0.1, 0.15) is 20.8 Å². The van der Waals surface area contributed by atoms with E-state index in [-0.39, 0.29) is 16.9 Å². The van der Waals surface area contributed by atoms with Gasteiger partial charge in [-0.1, -0.05) is 0 Å². The maximum Gasteiger partial charge on any atom is 0.337 e. The molecule has 0 aliphatic carbocycles. The number of anilines is 1. The third-order valence-electron chi connectivity index (χ3n) is 3.36. The number of ether oxygens (including phenoxy) is 1. The molecule has 9 heteroatoms. The molecule has 0 spiro atoms. The average molecular weight is 339 g/mol. The Hall–Kier alpha value is -3.75. The minimum Gasteiger partial charge on any atom is -0.497 e. The Bertz CT molecular complexity index is 907. The quantitative estimate of drug-likeness (QED) is 0.725. The highest BCUT2D eigenvalue weighted by Crippen LogP contribution is 2.23. The maximum atomic E-state index is 12.3. The fraction of sp³-hybridized carbons (Fsp3) is 0.0625. The fourth-order valence-electron chi connectivity index (χ4n) is 2.11. The van der Waals surface area contributed by atoms with Crippen molar-refractivity contribution in [1.82, 2.24) is 19.7 Å². The van der Waals surface area contributed by atoms with Crippen LogP contribution in [0.4, 0.5) is 5.69 Å². The summed E-state index contributed by atoms with van der Waals surface area (Å²) in [6.45, 7) is 0. The first kappa shape index (κ1) is 16.1. The minimum absolute atomic E-state index is 0.0445. The van der Waals surface area contributed by atoms with E-state index in [9.17, 15) is 14.7 Å². The highest BCUT2D eigenvalue weighted by Gasteiger charge is 2.16. The molecule has 9 nitrogen and oxygen atoms in total. The number of hydrogen-bond acceptors (Lipinski definition) is 6. The van der Waals surface area contributed by atoms with Crippen LogP contribution in [-0.4, -0.2) is 43.8 Å². The lowest BCUT2D eigenvalue weighted by Gasteiger charge is -2.10. The first-order valence-electron chi connectivity index (χ1n) is 7.13. The number of amides is 1. The van der Waals surface area contributed by atoms with Crippen LogP contribution in [0.3, 0.4) is 0 Å². The van der Waals surface area contributed by atoms with Crippen molar-refractivity contribution >= 4 is 17.6 Å². The van der Waals surface area contributed by atoms with Gasteiger partial charge in [-0.15, -0.1) is 10.2 Å². The summed E-state index contributed by atoms with van der Waals surface area (Å²) >= 11 is 0. The highest BCUT2D eigenvalue weighted by atomic mass is 16.5. The summed E-state index contributed by atoms with van der Waals surface area (Å²) < 4.78 is 6.69. The Kier molecular flexibility index (Phi) is 4.38. The lowest BCUT2D eigenvalue weighted by Crippen LogP contribution is -2.17. The van der Waals surface area contributed by atoms with Crippen LogP contribution in [0, 0.1) is 0 Å². The van der Waals surface area contributed by atoms with E-state index in [1.807, 2.05) is 0 Å². The molecule has 0 aliphatic heterocycles. The number of hydrogen-bond donors (Lipinski definition) is 2.